The number of hydrogen-bond donors (Lipinski definition) is 0. The molecule has 3 heteroatoms. The van der Waals surface area contributed by atoms with Crippen molar-refractivity contribution in [2.45, 2.75) is 25.8 Å². The topological polar surface area (TPSA) is 21.7 Å². The maximum absolute atomic E-state index is 5.53. The van der Waals surface area contributed by atoms with Gasteiger partial charge in [0.15, 0.2) is 11.5 Å². The molecule has 1 aliphatic heterocycles. The molecule has 23 heavy (non-hydrogen) atoms. The van der Waals surface area contributed by atoms with Crippen LogP contribution in [-0.4, -0.2) is 32.2 Å². The van der Waals surface area contributed by atoms with E-state index >= 15 is 0 Å². The molecule has 1 heterocycles. The summed E-state index contributed by atoms with van der Waals surface area (Å²) in [7, 11) is 3.41. The van der Waals surface area contributed by atoms with Gasteiger partial charge in [0.05, 0.1) is 14.2 Å². The summed E-state index contributed by atoms with van der Waals surface area (Å²) in [5.41, 5.74) is 4.13. The van der Waals surface area contributed by atoms with Gasteiger partial charge in [-0.2, -0.15) is 0 Å². The van der Waals surface area contributed by atoms with Gasteiger partial charge in [0, 0.05) is 12.6 Å². The maximum atomic E-state index is 5.53. The molecule has 0 N–H and O–H groups in total. The lowest BCUT2D eigenvalue weighted by molar-refractivity contribution is 0.193. The molecule has 3 rings (SSSR count). The zero-order valence-corrected chi connectivity index (χ0v) is 14.2. The van der Waals surface area contributed by atoms with E-state index in [2.05, 4.69) is 54.3 Å². The van der Waals surface area contributed by atoms with Gasteiger partial charge in [0.1, 0.15) is 0 Å². The summed E-state index contributed by atoms with van der Waals surface area (Å²) < 4.78 is 11.0. The molecule has 3 nitrogen and oxygen atoms in total. The molecule has 0 aliphatic carbocycles. The molecule has 0 aromatic heterocycles. The summed E-state index contributed by atoms with van der Waals surface area (Å²) in [5.74, 6) is 1.65. The summed E-state index contributed by atoms with van der Waals surface area (Å²) in [4.78, 5) is 2.56. The van der Waals surface area contributed by atoms with E-state index in [4.69, 9.17) is 9.47 Å². The van der Waals surface area contributed by atoms with Crippen LogP contribution in [0.25, 0.3) is 0 Å². The van der Waals surface area contributed by atoms with Gasteiger partial charge in [-0.05, 0) is 48.2 Å². The van der Waals surface area contributed by atoms with Crippen molar-refractivity contribution in [1.29, 1.82) is 0 Å². The number of methoxy groups -OCH3 is 2. The van der Waals surface area contributed by atoms with Gasteiger partial charge >= 0.3 is 0 Å². The van der Waals surface area contributed by atoms with Gasteiger partial charge < -0.3 is 9.47 Å². The van der Waals surface area contributed by atoms with Crippen LogP contribution in [0.1, 0.15) is 29.7 Å². The zero-order chi connectivity index (χ0) is 16.2. The number of fused-ring (bicyclic) bond motifs is 1. The van der Waals surface area contributed by atoms with Crippen LogP contribution in [0.4, 0.5) is 0 Å². The van der Waals surface area contributed by atoms with Gasteiger partial charge in [0.2, 0.25) is 0 Å². The number of hydrogen-bond acceptors (Lipinski definition) is 3. The third-order valence-electron chi connectivity index (χ3n) is 4.79. The van der Waals surface area contributed by atoms with Gasteiger partial charge in [-0.3, -0.25) is 4.90 Å². The lowest BCUT2D eigenvalue weighted by atomic mass is 9.88. The number of benzene rings is 2. The molecular formula is C20H25NO2. The second-order valence-corrected chi connectivity index (χ2v) is 5.99. The standard InChI is InChI=1S/C20H25NO2/c1-4-21-11-10-16-13-19(22-2)20(23-3)14-17(16)18(21)12-15-8-6-5-7-9-15/h5-9,13-14,18H,4,10-12H2,1-3H3. The Morgan fingerprint density at radius 3 is 2.39 bits per heavy atom. The SMILES string of the molecule is CCN1CCc2cc(OC)c(OC)cc2C1Cc1ccccc1. The van der Waals surface area contributed by atoms with E-state index in [1.54, 1.807) is 14.2 Å². The third-order valence-corrected chi connectivity index (χ3v) is 4.79. The quantitative estimate of drug-likeness (QED) is 0.837. The highest BCUT2D eigenvalue weighted by Crippen LogP contribution is 2.39. The van der Waals surface area contributed by atoms with Crippen molar-refractivity contribution < 1.29 is 9.47 Å². The fourth-order valence-electron chi connectivity index (χ4n) is 3.54. The lowest BCUT2D eigenvalue weighted by Crippen LogP contribution is -2.36. The Hall–Kier alpha value is -2.00. The van der Waals surface area contributed by atoms with E-state index in [9.17, 15) is 0 Å². The molecule has 0 spiro atoms. The van der Waals surface area contributed by atoms with E-state index < -0.39 is 0 Å². The van der Waals surface area contributed by atoms with Crippen molar-refractivity contribution >= 4 is 0 Å². The van der Waals surface area contributed by atoms with E-state index in [-0.39, 0.29) is 0 Å². The van der Waals surface area contributed by atoms with E-state index in [0.717, 1.165) is 37.4 Å². The van der Waals surface area contributed by atoms with Gasteiger partial charge in [-0.15, -0.1) is 0 Å². The van der Waals surface area contributed by atoms with Crippen molar-refractivity contribution in [3.05, 3.63) is 59.2 Å². The first-order valence-electron chi connectivity index (χ1n) is 8.29. The Labute approximate surface area is 138 Å². The third kappa shape index (κ3) is 3.20. The summed E-state index contributed by atoms with van der Waals surface area (Å²) in [6, 6.07) is 15.4. The smallest absolute Gasteiger partial charge is 0.161 e. The maximum Gasteiger partial charge on any atom is 0.161 e. The lowest BCUT2D eigenvalue weighted by Gasteiger charge is -2.37. The van der Waals surface area contributed by atoms with Crippen LogP contribution in [0.15, 0.2) is 42.5 Å². The van der Waals surface area contributed by atoms with Crippen LogP contribution in [0, 0.1) is 0 Å². The van der Waals surface area contributed by atoms with Gasteiger partial charge in [-0.1, -0.05) is 37.3 Å². The second-order valence-electron chi connectivity index (χ2n) is 5.99. The van der Waals surface area contributed by atoms with E-state index in [1.165, 1.54) is 16.7 Å². The van der Waals surface area contributed by atoms with Crippen LogP contribution in [0.2, 0.25) is 0 Å². The number of rotatable bonds is 5. The predicted molar refractivity (Wildman–Crippen MR) is 93.4 cm³/mol. The van der Waals surface area contributed by atoms with Crippen LogP contribution < -0.4 is 9.47 Å². The highest BCUT2D eigenvalue weighted by Gasteiger charge is 2.28. The Balaban J connectivity index is 2.00. The van der Waals surface area contributed by atoms with Crippen molar-refractivity contribution in [3.63, 3.8) is 0 Å². The first-order valence-corrected chi connectivity index (χ1v) is 8.29. The van der Waals surface area contributed by atoms with Crippen molar-refractivity contribution in [2.75, 3.05) is 27.3 Å². The summed E-state index contributed by atoms with van der Waals surface area (Å²) in [6.45, 7) is 4.39. The van der Waals surface area contributed by atoms with Crippen LogP contribution in [0.5, 0.6) is 11.5 Å². The molecule has 1 atom stereocenters. The average Bonchev–Trinajstić information content (AvgIpc) is 2.61. The number of likely N-dealkylation sites (N-methyl/N-ethyl adjacent to an activating group) is 1. The molecule has 1 unspecified atom stereocenters. The Bertz CT molecular complexity index is 654. The van der Waals surface area contributed by atoms with Gasteiger partial charge in [-0.25, -0.2) is 0 Å². The molecular weight excluding hydrogens is 286 g/mol. The predicted octanol–water partition coefficient (Wildman–Crippen LogP) is 3.87. The molecule has 2 aromatic rings. The summed E-state index contributed by atoms with van der Waals surface area (Å²) >= 11 is 0. The normalized spacial score (nSPS) is 17.6. The monoisotopic (exact) mass is 311 g/mol. The highest BCUT2D eigenvalue weighted by molar-refractivity contribution is 5.49. The van der Waals surface area contributed by atoms with Crippen molar-refractivity contribution in [2.24, 2.45) is 0 Å². The fourth-order valence-corrected chi connectivity index (χ4v) is 3.54. The van der Waals surface area contributed by atoms with Gasteiger partial charge in [0.25, 0.3) is 0 Å². The van der Waals surface area contributed by atoms with E-state index in [1.807, 2.05) is 0 Å². The Kier molecular flexibility index (Phi) is 4.87. The minimum Gasteiger partial charge on any atom is -0.493 e. The number of ether oxygens (including phenoxy) is 2. The first-order chi connectivity index (χ1) is 11.3. The fraction of sp³-hybridized carbons (Fsp3) is 0.400. The minimum atomic E-state index is 0.394. The van der Waals surface area contributed by atoms with E-state index in [0.29, 0.717) is 6.04 Å². The molecule has 0 radical (unpaired) electrons. The molecule has 1 aliphatic rings. The Morgan fingerprint density at radius 2 is 1.74 bits per heavy atom. The zero-order valence-electron chi connectivity index (χ0n) is 14.2. The average molecular weight is 311 g/mol. The second kappa shape index (κ2) is 7.05. The van der Waals surface area contributed by atoms with Crippen molar-refractivity contribution in [3.8, 4) is 11.5 Å². The van der Waals surface area contributed by atoms with Crippen molar-refractivity contribution in [1.82, 2.24) is 4.90 Å². The molecule has 0 fully saturated rings. The number of nitrogens with zero attached hydrogens (tertiary/aromatic N) is 1. The molecule has 0 amide bonds. The molecule has 0 saturated heterocycles. The van der Waals surface area contributed by atoms with Crippen LogP contribution in [-0.2, 0) is 12.8 Å². The molecule has 122 valence electrons. The molecule has 2 aromatic carbocycles. The molecule has 0 saturated carbocycles. The Morgan fingerprint density at radius 1 is 1.04 bits per heavy atom. The highest BCUT2D eigenvalue weighted by atomic mass is 16.5. The van der Waals surface area contributed by atoms with Crippen LogP contribution in [0.3, 0.4) is 0 Å². The minimum absolute atomic E-state index is 0.394. The first kappa shape index (κ1) is 15.9. The largest absolute Gasteiger partial charge is 0.493 e. The molecule has 0 bridgehead atoms. The van der Waals surface area contributed by atoms with Crippen LogP contribution >= 0.6 is 0 Å². The summed E-state index contributed by atoms with van der Waals surface area (Å²) in [5, 5.41) is 0. The summed E-state index contributed by atoms with van der Waals surface area (Å²) in [6.07, 6.45) is 2.09.